The van der Waals surface area contributed by atoms with Gasteiger partial charge in [-0.2, -0.15) is 0 Å². The van der Waals surface area contributed by atoms with Crippen molar-refractivity contribution in [3.05, 3.63) is 53.6 Å². The third-order valence-corrected chi connectivity index (χ3v) is 5.74. The molecular weight excluding hydrogens is 356 g/mol. The summed E-state index contributed by atoms with van der Waals surface area (Å²) in [5.74, 6) is 0.375. The van der Waals surface area contributed by atoms with Gasteiger partial charge in [0.2, 0.25) is 6.10 Å². The van der Waals surface area contributed by atoms with E-state index in [9.17, 15) is 13.2 Å². The molecular formula is C18H18N2O5S. The van der Waals surface area contributed by atoms with Crippen molar-refractivity contribution in [2.75, 3.05) is 6.61 Å². The number of rotatable bonds is 4. The number of para-hydroxylation sites is 2. The number of hydrazine groups is 1. The minimum Gasteiger partial charge on any atom is -0.485 e. The number of carbonyl (C=O) groups is 1. The van der Waals surface area contributed by atoms with Crippen molar-refractivity contribution in [3.8, 4) is 11.5 Å². The van der Waals surface area contributed by atoms with Crippen LogP contribution in [0.25, 0.3) is 0 Å². The molecule has 2 aliphatic rings. The number of hydrogen-bond donors (Lipinski definition) is 2. The van der Waals surface area contributed by atoms with Gasteiger partial charge >= 0.3 is 0 Å². The predicted octanol–water partition coefficient (Wildman–Crippen LogP) is 1.32. The monoisotopic (exact) mass is 374 g/mol. The van der Waals surface area contributed by atoms with Gasteiger partial charge in [0.05, 0.1) is 4.90 Å². The lowest BCUT2D eigenvalue weighted by molar-refractivity contribution is -0.130. The fraction of sp³-hybridized carbons (Fsp3) is 0.278. The van der Waals surface area contributed by atoms with Gasteiger partial charge in [-0.05, 0) is 54.7 Å². The fourth-order valence-electron chi connectivity index (χ4n) is 3.12. The van der Waals surface area contributed by atoms with Crippen LogP contribution in [0.5, 0.6) is 11.5 Å². The molecule has 1 unspecified atom stereocenters. The second-order valence-electron chi connectivity index (χ2n) is 6.24. The summed E-state index contributed by atoms with van der Waals surface area (Å²) in [6.45, 7) is 0.00339. The van der Waals surface area contributed by atoms with Crippen molar-refractivity contribution in [2.45, 2.75) is 30.3 Å². The predicted molar refractivity (Wildman–Crippen MR) is 93.3 cm³/mol. The highest BCUT2D eigenvalue weighted by molar-refractivity contribution is 7.89. The Hall–Kier alpha value is -2.58. The van der Waals surface area contributed by atoms with Gasteiger partial charge in [-0.3, -0.25) is 10.2 Å². The second-order valence-corrected chi connectivity index (χ2v) is 7.93. The molecule has 1 aliphatic carbocycles. The zero-order valence-electron chi connectivity index (χ0n) is 13.9. The molecule has 8 heteroatoms. The summed E-state index contributed by atoms with van der Waals surface area (Å²) in [5.41, 5.74) is 4.43. The number of hydrogen-bond acceptors (Lipinski definition) is 5. The highest BCUT2D eigenvalue weighted by atomic mass is 32.2. The Labute approximate surface area is 151 Å². The lowest BCUT2D eigenvalue weighted by Gasteiger charge is -2.25. The molecule has 2 aromatic rings. The van der Waals surface area contributed by atoms with Gasteiger partial charge in [0.1, 0.15) is 6.61 Å². The van der Waals surface area contributed by atoms with Crippen molar-refractivity contribution in [2.24, 2.45) is 0 Å². The molecule has 0 spiro atoms. The van der Waals surface area contributed by atoms with E-state index in [0.29, 0.717) is 11.5 Å². The first-order valence-electron chi connectivity index (χ1n) is 8.35. The first-order valence-corrected chi connectivity index (χ1v) is 9.83. The Morgan fingerprint density at radius 3 is 2.65 bits per heavy atom. The van der Waals surface area contributed by atoms with Crippen LogP contribution in [0.15, 0.2) is 47.4 Å². The standard InChI is InChI=1S/C18H18N2O5S/c21-18(17-11-24-15-6-1-2-7-16(15)25-17)19-20-26(22,23)14-9-8-12-4-3-5-13(12)10-14/h1-2,6-10,17,20H,3-5,11H2,(H,19,21). The summed E-state index contributed by atoms with van der Waals surface area (Å²) in [6, 6.07) is 12.0. The molecule has 2 N–H and O–H groups in total. The summed E-state index contributed by atoms with van der Waals surface area (Å²) in [6.07, 6.45) is 1.94. The van der Waals surface area contributed by atoms with Gasteiger partial charge < -0.3 is 9.47 Å². The van der Waals surface area contributed by atoms with Crippen LogP contribution in [0.3, 0.4) is 0 Å². The zero-order valence-corrected chi connectivity index (χ0v) is 14.7. The summed E-state index contributed by atoms with van der Waals surface area (Å²) in [7, 11) is -3.85. The Balaban J connectivity index is 1.41. The van der Waals surface area contributed by atoms with E-state index in [1.165, 1.54) is 5.56 Å². The van der Waals surface area contributed by atoms with Crippen LogP contribution in [-0.2, 0) is 27.7 Å². The van der Waals surface area contributed by atoms with Crippen molar-refractivity contribution in [1.82, 2.24) is 10.3 Å². The van der Waals surface area contributed by atoms with Gasteiger partial charge in [-0.15, -0.1) is 4.83 Å². The fourth-order valence-corrected chi connectivity index (χ4v) is 4.02. The molecule has 1 atom stereocenters. The normalized spacial score (nSPS) is 18.2. The zero-order chi connectivity index (χ0) is 18.1. The summed E-state index contributed by atoms with van der Waals surface area (Å²) < 4.78 is 35.9. The average molecular weight is 374 g/mol. The number of fused-ring (bicyclic) bond motifs is 2. The molecule has 1 heterocycles. The number of benzene rings is 2. The third-order valence-electron chi connectivity index (χ3n) is 4.49. The topological polar surface area (TPSA) is 93.7 Å². The van der Waals surface area contributed by atoms with Crippen molar-refractivity contribution >= 4 is 15.9 Å². The first-order chi connectivity index (χ1) is 12.5. The number of nitrogens with one attached hydrogen (secondary N) is 2. The van der Waals surface area contributed by atoms with Crippen LogP contribution < -0.4 is 19.7 Å². The second kappa shape index (κ2) is 6.62. The van der Waals surface area contributed by atoms with E-state index in [0.717, 1.165) is 24.8 Å². The molecule has 0 bridgehead atoms. The van der Waals surface area contributed by atoms with Gasteiger partial charge in [0.15, 0.2) is 11.5 Å². The quantitative estimate of drug-likeness (QED) is 0.788. The Kier molecular flexibility index (Phi) is 4.29. The van der Waals surface area contributed by atoms with Crippen LogP contribution >= 0.6 is 0 Å². The molecule has 1 aliphatic heterocycles. The van der Waals surface area contributed by atoms with E-state index in [1.54, 1.807) is 36.4 Å². The average Bonchev–Trinajstić information content (AvgIpc) is 3.13. The summed E-state index contributed by atoms with van der Waals surface area (Å²) in [5, 5.41) is 0. The Morgan fingerprint density at radius 1 is 1.04 bits per heavy atom. The van der Waals surface area contributed by atoms with Gasteiger partial charge in [0.25, 0.3) is 15.9 Å². The van der Waals surface area contributed by atoms with Crippen molar-refractivity contribution in [3.63, 3.8) is 0 Å². The van der Waals surface area contributed by atoms with Gasteiger partial charge in [-0.1, -0.05) is 18.2 Å². The summed E-state index contributed by atoms with van der Waals surface area (Å²) >= 11 is 0. The molecule has 4 rings (SSSR count). The SMILES string of the molecule is O=C(NNS(=O)(=O)c1ccc2c(c1)CCC2)C1COc2ccccc2O1. The third kappa shape index (κ3) is 3.25. The van der Waals surface area contributed by atoms with E-state index in [2.05, 4.69) is 10.3 Å². The molecule has 2 aromatic carbocycles. The molecule has 0 saturated heterocycles. The van der Waals surface area contributed by atoms with Crippen LogP contribution in [-0.4, -0.2) is 27.0 Å². The van der Waals surface area contributed by atoms with Crippen molar-refractivity contribution in [1.29, 1.82) is 0 Å². The van der Waals surface area contributed by atoms with E-state index in [1.807, 2.05) is 6.07 Å². The van der Waals surface area contributed by atoms with E-state index in [-0.39, 0.29) is 11.5 Å². The largest absolute Gasteiger partial charge is 0.485 e. The molecule has 1 amide bonds. The van der Waals surface area contributed by atoms with E-state index >= 15 is 0 Å². The lowest BCUT2D eigenvalue weighted by atomic mass is 10.1. The van der Waals surface area contributed by atoms with Crippen LogP contribution in [0.2, 0.25) is 0 Å². The maximum Gasteiger partial charge on any atom is 0.279 e. The van der Waals surface area contributed by atoms with Gasteiger partial charge in [0, 0.05) is 0 Å². The maximum atomic E-state index is 12.4. The molecule has 0 radical (unpaired) electrons. The minimum absolute atomic E-state index is 0.00339. The highest BCUT2D eigenvalue weighted by Crippen LogP contribution is 2.30. The van der Waals surface area contributed by atoms with E-state index in [4.69, 9.17) is 9.47 Å². The molecule has 0 saturated carbocycles. The molecule has 0 fully saturated rings. The summed E-state index contributed by atoms with van der Waals surface area (Å²) in [4.78, 5) is 14.5. The Bertz CT molecular complexity index is 958. The van der Waals surface area contributed by atoms with E-state index < -0.39 is 22.0 Å². The Morgan fingerprint density at radius 2 is 1.81 bits per heavy atom. The minimum atomic E-state index is -3.85. The number of sulfonamides is 1. The highest BCUT2D eigenvalue weighted by Gasteiger charge is 2.28. The maximum absolute atomic E-state index is 12.4. The lowest BCUT2D eigenvalue weighted by Crippen LogP contribution is -2.50. The number of amides is 1. The number of carbonyl (C=O) groups excluding carboxylic acids is 1. The first kappa shape index (κ1) is 16.9. The molecule has 136 valence electrons. The van der Waals surface area contributed by atoms with Crippen LogP contribution in [0.1, 0.15) is 17.5 Å². The molecule has 26 heavy (non-hydrogen) atoms. The van der Waals surface area contributed by atoms with Crippen LogP contribution in [0, 0.1) is 0 Å². The van der Waals surface area contributed by atoms with Gasteiger partial charge in [-0.25, -0.2) is 8.42 Å². The number of aryl methyl sites for hydroxylation is 2. The van der Waals surface area contributed by atoms with Crippen molar-refractivity contribution < 1.29 is 22.7 Å². The molecule has 0 aromatic heterocycles. The smallest absolute Gasteiger partial charge is 0.279 e. The molecule has 7 nitrogen and oxygen atoms in total. The van der Waals surface area contributed by atoms with Crippen LogP contribution in [0.4, 0.5) is 0 Å². The number of ether oxygens (including phenoxy) is 2.